The van der Waals surface area contributed by atoms with Crippen LogP contribution >= 0.6 is 11.3 Å². The highest BCUT2D eigenvalue weighted by Gasteiger charge is 2.33. The van der Waals surface area contributed by atoms with E-state index < -0.39 is 5.54 Å². The second-order valence-electron chi connectivity index (χ2n) is 5.37. The first-order chi connectivity index (χ1) is 9.45. The van der Waals surface area contributed by atoms with Crippen molar-refractivity contribution < 1.29 is 9.59 Å². The van der Waals surface area contributed by atoms with Gasteiger partial charge >= 0.3 is 0 Å². The number of hydrogen-bond donors (Lipinski definition) is 1. The second-order valence-corrected chi connectivity index (χ2v) is 6.15. The molecule has 2 rings (SSSR count). The Hall–Kier alpha value is -1.40. The molecule has 1 aromatic rings. The molecule has 2 heterocycles. The van der Waals surface area contributed by atoms with Gasteiger partial charge in [-0.05, 0) is 24.8 Å². The van der Waals surface area contributed by atoms with E-state index in [9.17, 15) is 9.59 Å². The summed E-state index contributed by atoms with van der Waals surface area (Å²) in [6.45, 7) is 5.93. The maximum atomic E-state index is 12.3. The quantitative estimate of drug-likeness (QED) is 0.910. The Kier molecular flexibility index (Phi) is 4.45. The molecule has 1 aliphatic rings. The number of piperazine rings is 1. The lowest BCUT2D eigenvalue weighted by Gasteiger charge is -2.38. The molecule has 0 saturated carbocycles. The zero-order valence-electron chi connectivity index (χ0n) is 12.0. The maximum absolute atomic E-state index is 12.3. The van der Waals surface area contributed by atoms with E-state index in [-0.39, 0.29) is 11.8 Å². The molecule has 0 radical (unpaired) electrons. The number of hydrogen-bond acceptors (Lipinski definition) is 4. The van der Waals surface area contributed by atoms with Crippen molar-refractivity contribution >= 4 is 23.2 Å². The minimum absolute atomic E-state index is 0.0253. The molecule has 0 aromatic carbocycles. The molecule has 0 bridgehead atoms. The summed E-state index contributed by atoms with van der Waals surface area (Å²) >= 11 is 1.52. The second kappa shape index (κ2) is 5.93. The molecule has 1 fully saturated rings. The standard InChI is InChI=1S/C14H21N3O2S/c1-3-14(2,15)13(19)17-7-5-16(6-8-17)12(18)11-4-9-20-10-11/h4,9-10H,3,5-8,15H2,1-2H3. The molecule has 1 aliphatic heterocycles. The number of carbonyl (C=O) groups is 2. The summed E-state index contributed by atoms with van der Waals surface area (Å²) in [7, 11) is 0. The Bertz CT molecular complexity index is 477. The van der Waals surface area contributed by atoms with Crippen molar-refractivity contribution in [2.24, 2.45) is 5.73 Å². The molecule has 6 heteroatoms. The van der Waals surface area contributed by atoms with E-state index >= 15 is 0 Å². The van der Waals surface area contributed by atoms with Crippen LogP contribution in [0.5, 0.6) is 0 Å². The largest absolute Gasteiger partial charge is 0.338 e. The fourth-order valence-electron chi connectivity index (χ4n) is 2.19. The molecular formula is C14H21N3O2S. The van der Waals surface area contributed by atoms with Crippen LogP contribution in [-0.4, -0.2) is 53.3 Å². The van der Waals surface area contributed by atoms with E-state index in [1.54, 1.807) is 16.7 Å². The summed E-state index contributed by atoms with van der Waals surface area (Å²) in [6, 6.07) is 1.83. The lowest BCUT2D eigenvalue weighted by molar-refractivity contribution is -0.138. The van der Waals surface area contributed by atoms with Crippen LogP contribution in [0.25, 0.3) is 0 Å². The summed E-state index contributed by atoms with van der Waals surface area (Å²) in [5.41, 5.74) is 5.91. The molecule has 2 amide bonds. The highest BCUT2D eigenvalue weighted by Crippen LogP contribution is 2.15. The molecule has 5 nitrogen and oxygen atoms in total. The van der Waals surface area contributed by atoms with Gasteiger partial charge in [0, 0.05) is 31.6 Å². The third kappa shape index (κ3) is 3.02. The number of thiophene rings is 1. The van der Waals surface area contributed by atoms with Gasteiger partial charge in [0.2, 0.25) is 5.91 Å². The molecule has 1 unspecified atom stereocenters. The van der Waals surface area contributed by atoms with Gasteiger partial charge in [-0.25, -0.2) is 0 Å². The van der Waals surface area contributed by atoms with Crippen LogP contribution in [0.4, 0.5) is 0 Å². The first-order valence-corrected chi connectivity index (χ1v) is 7.79. The van der Waals surface area contributed by atoms with Crippen molar-refractivity contribution in [3.63, 3.8) is 0 Å². The van der Waals surface area contributed by atoms with Crippen LogP contribution in [0.3, 0.4) is 0 Å². The van der Waals surface area contributed by atoms with E-state index in [4.69, 9.17) is 5.73 Å². The Morgan fingerprint density at radius 1 is 1.30 bits per heavy atom. The van der Waals surface area contributed by atoms with Gasteiger partial charge in [0.05, 0.1) is 11.1 Å². The van der Waals surface area contributed by atoms with Gasteiger partial charge in [-0.2, -0.15) is 11.3 Å². The number of nitrogens with zero attached hydrogens (tertiary/aromatic N) is 2. The topological polar surface area (TPSA) is 66.6 Å². The monoisotopic (exact) mass is 295 g/mol. The predicted octanol–water partition coefficient (Wildman–Crippen LogP) is 1.16. The molecule has 2 N–H and O–H groups in total. The molecule has 110 valence electrons. The lowest BCUT2D eigenvalue weighted by atomic mass is 9.98. The highest BCUT2D eigenvalue weighted by atomic mass is 32.1. The van der Waals surface area contributed by atoms with Crippen molar-refractivity contribution in [1.29, 1.82) is 0 Å². The van der Waals surface area contributed by atoms with Crippen molar-refractivity contribution in [2.45, 2.75) is 25.8 Å². The number of amides is 2. The molecule has 1 aromatic heterocycles. The predicted molar refractivity (Wildman–Crippen MR) is 79.7 cm³/mol. The molecule has 1 saturated heterocycles. The van der Waals surface area contributed by atoms with Crippen LogP contribution < -0.4 is 5.73 Å². The fraction of sp³-hybridized carbons (Fsp3) is 0.571. The van der Waals surface area contributed by atoms with E-state index in [1.165, 1.54) is 11.3 Å². The Morgan fingerprint density at radius 2 is 1.90 bits per heavy atom. The minimum atomic E-state index is -0.806. The summed E-state index contributed by atoms with van der Waals surface area (Å²) in [5.74, 6) is 0.0204. The van der Waals surface area contributed by atoms with Gasteiger partial charge in [-0.3, -0.25) is 9.59 Å². The molecule has 20 heavy (non-hydrogen) atoms. The Morgan fingerprint density at radius 3 is 2.40 bits per heavy atom. The van der Waals surface area contributed by atoms with E-state index in [0.29, 0.717) is 32.6 Å². The minimum Gasteiger partial charge on any atom is -0.338 e. The van der Waals surface area contributed by atoms with E-state index in [2.05, 4.69) is 0 Å². The molecule has 1 atom stereocenters. The third-order valence-corrected chi connectivity index (χ3v) is 4.53. The molecule has 0 spiro atoms. The van der Waals surface area contributed by atoms with Crippen molar-refractivity contribution in [3.05, 3.63) is 22.4 Å². The Labute approximate surface area is 123 Å². The maximum Gasteiger partial charge on any atom is 0.254 e. The van der Waals surface area contributed by atoms with Crippen molar-refractivity contribution in [3.8, 4) is 0 Å². The normalized spacial score (nSPS) is 18.8. The average Bonchev–Trinajstić information content (AvgIpc) is 3.00. The van der Waals surface area contributed by atoms with Gasteiger partial charge in [0.1, 0.15) is 0 Å². The van der Waals surface area contributed by atoms with Crippen LogP contribution in [0.1, 0.15) is 30.6 Å². The summed E-state index contributed by atoms with van der Waals surface area (Å²) < 4.78 is 0. The summed E-state index contributed by atoms with van der Waals surface area (Å²) in [4.78, 5) is 28.0. The number of rotatable bonds is 3. The number of nitrogens with two attached hydrogens (primary N) is 1. The third-order valence-electron chi connectivity index (χ3n) is 3.85. The van der Waals surface area contributed by atoms with Crippen molar-refractivity contribution in [1.82, 2.24) is 9.80 Å². The van der Waals surface area contributed by atoms with Crippen LogP contribution in [-0.2, 0) is 4.79 Å². The van der Waals surface area contributed by atoms with E-state index in [1.807, 2.05) is 23.8 Å². The van der Waals surface area contributed by atoms with E-state index in [0.717, 1.165) is 5.56 Å². The highest BCUT2D eigenvalue weighted by molar-refractivity contribution is 7.08. The van der Waals surface area contributed by atoms with Gasteiger partial charge < -0.3 is 15.5 Å². The Balaban J connectivity index is 1.93. The fourth-order valence-corrected chi connectivity index (χ4v) is 2.82. The summed E-state index contributed by atoms with van der Waals surface area (Å²) in [6.07, 6.45) is 0.611. The zero-order chi connectivity index (χ0) is 14.8. The molecular weight excluding hydrogens is 274 g/mol. The first-order valence-electron chi connectivity index (χ1n) is 6.85. The van der Waals surface area contributed by atoms with Gasteiger partial charge in [0.15, 0.2) is 0 Å². The smallest absolute Gasteiger partial charge is 0.254 e. The van der Waals surface area contributed by atoms with Gasteiger partial charge in [-0.15, -0.1) is 0 Å². The average molecular weight is 295 g/mol. The summed E-state index contributed by atoms with van der Waals surface area (Å²) in [5, 5.41) is 3.75. The van der Waals surface area contributed by atoms with Gasteiger partial charge in [-0.1, -0.05) is 6.92 Å². The van der Waals surface area contributed by atoms with Crippen LogP contribution in [0.2, 0.25) is 0 Å². The van der Waals surface area contributed by atoms with Crippen LogP contribution in [0.15, 0.2) is 16.8 Å². The first kappa shape index (κ1) is 15.0. The van der Waals surface area contributed by atoms with Crippen LogP contribution in [0, 0.1) is 0 Å². The SMILES string of the molecule is CCC(C)(N)C(=O)N1CCN(C(=O)c2ccsc2)CC1. The molecule has 0 aliphatic carbocycles. The zero-order valence-corrected chi connectivity index (χ0v) is 12.8. The lowest BCUT2D eigenvalue weighted by Crippen LogP contribution is -2.58. The number of carbonyl (C=O) groups excluding carboxylic acids is 2. The van der Waals surface area contributed by atoms with Gasteiger partial charge in [0.25, 0.3) is 5.91 Å². The van der Waals surface area contributed by atoms with Crippen molar-refractivity contribution in [2.75, 3.05) is 26.2 Å².